The van der Waals surface area contributed by atoms with Gasteiger partial charge in [0.1, 0.15) is 0 Å². The smallest absolute Gasteiger partial charge is 0.271 e. The van der Waals surface area contributed by atoms with Crippen molar-refractivity contribution in [3.8, 4) is 0 Å². The van der Waals surface area contributed by atoms with E-state index in [0.717, 1.165) is 17.3 Å². The van der Waals surface area contributed by atoms with Crippen molar-refractivity contribution in [1.82, 2.24) is 14.5 Å². The van der Waals surface area contributed by atoms with Crippen molar-refractivity contribution in [1.29, 1.82) is 0 Å². The lowest BCUT2D eigenvalue weighted by atomic mass is 10.1. The summed E-state index contributed by atoms with van der Waals surface area (Å²) in [6.45, 7) is 4.11. The van der Waals surface area contributed by atoms with Crippen molar-refractivity contribution in [2.24, 2.45) is 5.92 Å². The summed E-state index contributed by atoms with van der Waals surface area (Å²) in [5.74, 6) is -0.990. The molecule has 0 unspecified atom stereocenters. The van der Waals surface area contributed by atoms with Crippen LogP contribution in [0.2, 0.25) is 0 Å². The van der Waals surface area contributed by atoms with Crippen LogP contribution in [0.25, 0.3) is 0 Å². The second kappa shape index (κ2) is 7.38. The molecule has 1 aliphatic carbocycles. The number of carbonyl (C=O) groups excluding carboxylic acids is 1. The maximum atomic E-state index is 13.3. The summed E-state index contributed by atoms with van der Waals surface area (Å²) in [4.78, 5) is 12.4. The van der Waals surface area contributed by atoms with E-state index in [0.29, 0.717) is 6.54 Å². The SMILES string of the molecule is CC(C)Cn1cc(C(F)F)c(C(=O)NS(=O)(=O)C2Cc3ccccc3C2)n1. The molecule has 146 valence electrons. The number of aromatic nitrogens is 2. The number of rotatable bonds is 6. The standard InChI is InChI=1S/C18H21F2N3O3S/c1-11(2)9-23-10-15(17(19)20)16(21-23)18(24)22-27(25,26)14-7-12-5-3-4-6-13(12)8-14/h3-6,10-11,14,17H,7-9H2,1-2H3,(H,22,24). The van der Waals surface area contributed by atoms with Gasteiger partial charge in [-0.25, -0.2) is 21.9 Å². The Bertz CT molecular complexity index is 930. The minimum absolute atomic E-state index is 0.132. The molecule has 27 heavy (non-hydrogen) atoms. The molecule has 3 rings (SSSR count). The van der Waals surface area contributed by atoms with Gasteiger partial charge in [-0.05, 0) is 29.9 Å². The highest BCUT2D eigenvalue weighted by atomic mass is 32.2. The second-order valence-corrected chi connectivity index (χ2v) is 9.09. The molecule has 0 saturated heterocycles. The van der Waals surface area contributed by atoms with E-state index in [9.17, 15) is 22.0 Å². The molecule has 6 nitrogen and oxygen atoms in total. The number of benzene rings is 1. The molecular weight excluding hydrogens is 376 g/mol. The number of amides is 1. The Labute approximate surface area is 156 Å². The van der Waals surface area contributed by atoms with E-state index < -0.39 is 38.9 Å². The topological polar surface area (TPSA) is 81.1 Å². The molecule has 1 aromatic heterocycles. The minimum Gasteiger partial charge on any atom is -0.271 e. The van der Waals surface area contributed by atoms with Crippen molar-refractivity contribution in [3.63, 3.8) is 0 Å². The van der Waals surface area contributed by atoms with Crippen molar-refractivity contribution in [2.45, 2.75) is 44.9 Å². The molecule has 1 N–H and O–H groups in total. The largest absolute Gasteiger partial charge is 0.285 e. The number of fused-ring (bicyclic) bond motifs is 1. The summed E-state index contributed by atoms with van der Waals surface area (Å²) in [5.41, 5.74) is 0.701. The van der Waals surface area contributed by atoms with Gasteiger partial charge in [0, 0.05) is 12.7 Å². The lowest BCUT2D eigenvalue weighted by molar-refractivity contribution is 0.0961. The van der Waals surface area contributed by atoms with E-state index in [1.807, 2.05) is 42.8 Å². The quantitative estimate of drug-likeness (QED) is 0.813. The van der Waals surface area contributed by atoms with E-state index >= 15 is 0 Å². The number of sulfonamides is 1. The zero-order valence-electron chi connectivity index (χ0n) is 15.0. The Kier molecular flexibility index (Phi) is 5.32. The minimum atomic E-state index is -4.03. The number of nitrogens with one attached hydrogen (secondary N) is 1. The first kappa shape index (κ1) is 19.5. The van der Waals surface area contributed by atoms with Gasteiger partial charge in [0.05, 0.1) is 10.8 Å². The van der Waals surface area contributed by atoms with Crippen LogP contribution in [0.4, 0.5) is 8.78 Å². The number of hydrogen-bond acceptors (Lipinski definition) is 4. The molecule has 0 radical (unpaired) electrons. The van der Waals surface area contributed by atoms with Crippen LogP contribution in [0.5, 0.6) is 0 Å². The van der Waals surface area contributed by atoms with Crippen LogP contribution in [0, 0.1) is 5.92 Å². The van der Waals surface area contributed by atoms with Crippen LogP contribution in [-0.2, 0) is 29.4 Å². The van der Waals surface area contributed by atoms with E-state index in [1.54, 1.807) is 0 Å². The van der Waals surface area contributed by atoms with Crippen LogP contribution < -0.4 is 4.72 Å². The average Bonchev–Trinajstić information content (AvgIpc) is 3.18. The average molecular weight is 397 g/mol. The molecule has 0 fully saturated rings. The van der Waals surface area contributed by atoms with Gasteiger partial charge in [-0.2, -0.15) is 5.10 Å². The van der Waals surface area contributed by atoms with Crippen molar-refractivity contribution < 1.29 is 22.0 Å². The van der Waals surface area contributed by atoms with Gasteiger partial charge in [0.15, 0.2) is 5.69 Å². The number of carbonyl (C=O) groups is 1. The van der Waals surface area contributed by atoms with Crippen LogP contribution in [0.15, 0.2) is 30.5 Å². The number of nitrogens with zero attached hydrogens (tertiary/aromatic N) is 2. The highest BCUT2D eigenvalue weighted by Crippen LogP contribution is 2.27. The van der Waals surface area contributed by atoms with Gasteiger partial charge >= 0.3 is 0 Å². The Hall–Kier alpha value is -2.29. The number of hydrogen-bond donors (Lipinski definition) is 1. The molecule has 0 aliphatic heterocycles. The molecule has 1 heterocycles. The normalized spacial score (nSPS) is 14.7. The highest BCUT2D eigenvalue weighted by Gasteiger charge is 2.35. The van der Waals surface area contributed by atoms with Crippen LogP contribution in [-0.4, -0.2) is 29.4 Å². The fourth-order valence-corrected chi connectivity index (χ4v) is 4.56. The van der Waals surface area contributed by atoms with E-state index in [4.69, 9.17) is 0 Å². The Balaban J connectivity index is 1.80. The molecule has 0 saturated carbocycles. The third kappa shape index (κ3) is 4.18. The third-order valence-corrected chi connectivity index (χ3v) is 6.16. The van der Waals surface area contributed by atoms with Gasteiger partial charge < -0.3 is 0 Å². The molecule has 0 spiro atoms. The van der Waals surface area contributed by atoms with E-state index in [-0.39, 0.29) is 18.8 Å². The Morgan fingerprint density at radius 2 is 1.85 bits per heavy atom. The molecule has 1 amide bonds. The van der Waals surface area contributed by atoms with E-state index in [2.05, 4.69) is 5.10 Å². The van der Waals surface area contributed by atoms with Gasteiger partial charge in [-0.1, -0.05) is 38.1 Å². The summed E-state index contributed by atoms with van der Waals surface area (Å²) in [6.07, 6.45) is -1.27. The molecule has 0 atom stereocenters. The fraction of sp³-hybridized carbons (Fsp3) is 0.444. The zero-order chi connectivity index (χ0) is 19.8. The van der Waals surface area contributed by atoms with Crippen LogP contribution >= 0.6 is 0 Å². The number of halogens is 2. The molecule has 9 heteroatoms. The summed E-state index contributed by atoms with van der Waals surface area (Å²) < 4.78 is 54.9. The molecule has 2 aromatic rings. The monoisotopic (exact) mass is 397 g/mol. The van der Waals surface area contributed by atoms with Crippen molar-refractivity contribution >= 4 is 15.9 Å². The van der Waals surface area contributed by atoms with Gasteiger partial charge in [0.25, 0.3) is 12.3 Å². The molecule has 0 bridgehead atoms. The number of alkyl halides is 2. The highest BCUT2D eigenvalue weighted by molar-refractivity contribution is 7.90. The van der Waals surface area contributed by atoms with Gasteiger partial charge in [-0.3, -0.25) is 9.48 Å². The second-order valence-electron chi connectivity index (χ2n) is 7.12. The predicted octanol–water partition coefficient (Wildman–Crippen LogP) is 2.70. The first-order valence-corrected chi connectivity index (χ1v) is 10.2. The summed E-state index contributed by atoms with van der Waals surface area (Å²) >= 11 is 0. The van der Waals surface area contributed by atoms with Crippen molar-refractivity contribution in [3.05, 3.63) is 52.8 Å². The van der Waals surface area contributed by atoms with Crippen LogP contribution in [0.1, 0.15) is 47.5 Å². The summed E-state index contributed by atoms with van der Waals surface area (Å²) in [5, 5.41) is 3.07. The molecular formula is C18H21F2N3O3S. The summed E-state index contributed by atoms with van der Waals surface area (Å²) in [6, 6.07) is 7.33. The fourth-order valence-electron chi connectivity index (χ4n) is 3.24. The lowest BCUT2D eigenvalue weighted by Crippen LogP contribution is -2.39. The molecule has 1 aliphatic rings. The zero-order valence-corrected chi connectivity index (χ0v) is 15.8. The van der Waals surface area contributed by atoms with Crippen LogP contribution in [0.3, 0.4) is 0 Å². The van der Waals surface area contributed by atoms with Crippen molar-refractivity contribution in [2.75, 3.05) is 0 Å². The Morgan fingerprint density at radius 3 is 2.37 bits per heavy atom. The Morgan fingerprint density at radius 1 is 1.26 bits per heavy atom. The third-order valence-electron chi connectivity index (χ3n) is 4.48. The first-order chi connectivity index (χ1) is 12.7. The van der Waals surface area contributed by atoms with E-state index in [1.165, 1.54) is 4.68 Å². The van der Waals surface area contributed by atoms with Gasteiger partial charge in [0.2, 0.25) is 10.0 Å². The maximum Gasteiger partial charge on any atom is 0.285 e. The maximum absolute atomic E-state index is 13.3. The van der Waals surface area contributed by atoms with Gasteiger partial charge in [-0.15, -0.1) is 0 Å². The first-order valence-electron chi connectivity index (χ1n) is 8.65. The lowest BCUT2D eigenvalue weighted by Gasteiger charge is -2.12. The predicted molar refractivity (Wildman–Crippen MR) is 96.0 cm³/mol. The summed E-state index contributed by atoms with van der Waals surface area (Å²) in [7, 11) is -4.03. The molecule has 1 aromatic carbocycles.